The Hall–Kier alpha value is -0.980. The minimum atomic E-state index is 0.0904. The van der Waals surface area contributed by atoms with Crippen LogP contribution in [0.5, 0.6) is 5.75 Å². The average Bonchev–Trinajstić information content (AvgIpc) is 1.91. The van der Waals surface area contributed by atoms with Gasteiger partial charge in [0.2, 0.25) is 0 Å². The first-order chi connectivity index (χ1) is 5.47. The van der Waals surface area contributed by atoms with Gasteiger partial charge in [0.25, 0.3) is 0 Å². The molecule has 0 amide bonds. The largest absolute Gasteiger partial charge is 0.290 e. The maximum Gasteiger partial charge on any atom is 0.178 e. The lowest BCUT2D eigenvalue weighted by molar-refractivity contribution is 0.354. The van der Waals surface area contributed by atoms with Crippen LogP contribution in [0.2, 0.25) is 0 Å². The van der Waals surface area contributed by atoms with Crippen LogP contribution in [0, 0.1) is 5.41 Å². The van der Waals surface area contributed by atoms with Gasteiger partial charge in [-0.05, 0) is 29.5 Å². The highest BCUT2D eigenvalue weighted by Crippen LogP contribution is 2.21. The van der Waals surface area contributed by atoms with E-state index in [0.29, 0.717) is 5.41 Å². The molecule has 12 heavy (non-hydrogen) atoms. The van der Waals surface area contributed by atoms with Crippen LogP contribution in [0.1, 0.15) is 26.3 Å². The summed E-state index contributed by atoms with van der Waals surface area (Å²) in [4.78, 5) is 0. The third kappa shape index (κ3) is 2.95. The lowest BCUT2D eigenvalue weighted by Gasteiger charge is -2.17. The summed E-state index contributed by atoms with van der Waals surface area (Å²) >= 11 is 0. The van der Waals surface area contributed by atoms with E-state index in [4.69, 9.17) is 0 Å². The van der Waals surface area contributed by atoms with E-state index in [1.807, 2.05) is 12.1 Å². The summed E-state index contributed by atoms with van der Waals surface area (Å²) in [6.07, 6.45) is 1.02. The molecular formula is C11H15O. The Kier molecular flexibility index (Phi) is 2.41. The summed E-state index contributed by atoms with van der Waals surface area (Å²) in [5.74, 6) is 0.0904. The highest BCUT2D eigenvalue weighted by molar-refractivity contribution is 5.26. The smallest absolute Gasteiger partial charge is 0.178 e. The Morgan fingerprint density at radius 1 is 1.08 bits per heavy atom. The number of rotatable bonds is 1. The Morgan fingerprint density at radius 2 is 1.58 bits per heavy atom. The number of hydrogen-bond donors (Lipinski definition) is 0. The summed E-state index contributed by atoms with van der Waals surface area (Å²) in [5.41, 5.74) is 1.53. The molecule has 0 aromatic heterocycles. The van der Waals surface area contributed by atoms with Crippen molar-refractivity contribution >= 4 is 0 Å². The molecule has 0 unspecified atom stereocenters. The van der Waals surface area contributed by atoms with Gasteiger partial charge >= 0.3 is 0 Å². The van der Waals surface area contributed by atoms with Gasteiger partial charge in [-0.15, -0.1) is 0 Å². The predicted molar refractivity (Wildman–Crippen MR) is 49.7 cm³/mol. The van der Waals surface area contributed by atoms with Crippen molar-refractivity contribution in [3.05, 3.63) is 29.8 Å². The van der Waals surface area contributed by atoms with E-state index in [0.717, 1.165) is 6.42 Å². The van der Waals surface area contributed by atoms with Crippen molar-refractivity contribution in [3.63, 3.8) is 0 Å². The molecule has 0 bridgehead atoms. The molecule has 0 saturated heterocycles. The van der Waals surface area contributed by atoms with Gasteiger partial charge in [0.1, 0.15) is 0 Å². The minimum Gasteiger partial charge on any atom is -0.290 e. The van der Waals surface area contributed by atoms with Crippen molar-refractivity contribution in [2.24, 2.45) is 5.41 Å². The Balaban J connectivity index is 2.71. The Labute approximate surface area is 74.1 Å². The van der Waals surface area contributed by atoms with Gasteiger partial charge in [-0.2, -0.15) is 0 Å². The summed E-state index contributed by atoms with van der Waals surface area (Å²) in [7, 11) is 0. The molecule has 0 aliphatic rings. The SMILES string of the molecule is CC(C)(C)Cc1ccc([O])cc1. The quantitative estimate of drug-likeness (QED) is 0.604. The molecule has 0 atom stereocenters. The van der Waals surface area contributed by atoms with Crippen molar-refractivity contribution in [3.8, 4) is 5.75 Å². The monoisotopic (exact) mass is 163 g/mol. The van der Waals surface area contributed by atoms with Gasteiger partial charge in [-0.25, -0.2) is 0 Å². The maximum absolute atomic E-state index is 10.8. The van der Waals surface area contributed by atoms with E-state index in [-0.39, 0.29) is 5.75 Å². The van der Waals surface area contributed by atoms with Crippen LogP contribution < -0.4 is 0 Å². The first-order valence-electron chi connectivity index (χ1n) is 4.23. The molecule has 0 aliphatic carbocycles. The average molecular weight is 163 g/mol. The highest BCUT2D eigenvalue weighted by Gasteiger charge is 2.10. The topological polar surface area (TPSA) is 19.9 Å². The number of hydrogen-bond acceptors (Lipinski definition) is 0. The van der Waals surface area contributed by atoms with Gasteiger partial charge in [0.15, 0.2) is 5.75 Å². The summed E-state index contributed by atoms with van der Waals surface area (Å²) < 4.78 is 0. The second-order valence-corrected chi connectivity index (χ2v) is 4.38. The van der Waals surface area contributed by atoms with Crippen LogP contribution in [0.25, 0.3) is 0 Å². The predicted octanol–water partition coefficient (Wildman–Crippen LogP) is 3.42. The Morgan fingerprint density at radius 3 is 2.00 bits per heavy atom. The summed E-state index contributed by atoms with van der Waals surface area (Å²) in [6, 6.07) is 7.07. The zero-order chi connectivity index (χ0) is 9.19. The molecule has 0 fully saturated rings. The van der Waals surface area contributed by atoms with Gasteiger partial charge < -0.3 is 0 Å². The molecule has 1 rings (SSSR count). The van der Waals surface area contributed by atoms with Crippen LogP contribution in [0.3, 0.4) is 0 Å². The third-order valence-corrected chi connectivity index (χ3v) is 1.66. The molecule has 0 spiro atoms. The number of benzene rings is 1. The van der Waals surface area contributed by atoms with Crippen LogP contribution in [-0.2, 0) is 11.5 Å². The molecule has 0 saturated carbocycles. The van der Waals surface area contributed by atoms with E-state index < -0.39 is 0 Å². The first kappa shape index (κ1) is 9.11. The van der Waals surface area contributed by atoms with Crippen molar-refractivity contribution in [1.29, 1.82) is 0 Å². The van der Waals surface area contributed by atoms with Crippen molar-refractivity contribution in [2.75, 3.05) is 0 Å². The summed E-state index contributed by atoms with van der Waals surface area (Å²) in [6.45, 7) is 6.58. The van der Waals surface area contributed by atoms with Gasteiger partial charge in [0.05, 0.1) is 0 Å². The molecule has 0 aliphatic heterocycles. The zero-order valence-corrected chi connectivity index (χ0v) is 7.92. The molecule has 0 heterocycles. The van der Waals surface area contributed by atoms with E-state index in [1.165, 1.54) is 5.56 Å². The van der Waals surface area contributed by atoms with Gasteiger partial charge in [0, 0.05) is 0 Å². The van der Waals surface area contributed by atoms with E-state index >= 15 is 0 Å². The van der Waals surface area contributed by atoms with Crippen molar-refractivity contribution in [1.82, 2.24) is 0 Å². The second kappa shape index (κ2) is 3.18. The molecule has 65 valence electrons. The van der Waals surface area contributed by atoms with Crippen molar-refractivity contribution < 1.29 is 5.11 Å². The van der Waals surface area contributed by atoms with Crippen LogP contribution in [0.4, 0.5) is 0 Å². The fourth-order valence-corrected chi connectivity index (χ4v) is 1.22. The lowest BCUT2D eigenvalue weighted by Crippen LogP contribution is -2.08. The lowest BCUT2D eigenvalue weighted by atomic mass is 9.88. The van der Waals surface area contributed by atoms with Crippen LogP contribution in [0.15, 0.2) is 24.3 Å². The van der Waals surface area contributed by atoms with E-state index in [2.05, 4.69) is 20.8 Å². The normalized spacial score (nSPS) is 11.6. The maximum atomic E-state index is 10.8. The van der Waals surface area contributed by atoms with E-state index in [9.17, 15) is 5.11 Å². The Bertz CT molecular complexity index is 241. The van der Waals surface area contributed by atoms with Gasteiger partial charge in [-0.3, -0.25) is 5.11 Å². The second-order valence-electron chi connectivity index (χ2n) is 4.38. The fourth-order valence-electron chi connectivity index (χ4n) is 1.22. The van der Waals surface area contributed by atoms with Crippen LogP contribution >= 0.6 is 0 Å². The molecule has 0 N–H and O–H groups in total. The highest BCUT2D eigenvalue weighted by atomic mass is 16.3. The molecular weight excluding hydrogens is 148 g/mol. The summed E-state index contributed by atoms with van der Waals surface area (Å²) in [5, 5.41) is 10.8. The molecule has 1 heteroatoms. The molecule has 1 radical (unpaired) electrons. The molecule has 1 aromatic carbocycles. The third-order valence-electron chi connectivity index (χ3n) is 1.66. The van der Waals surface area contributed by atoms with E-state index in [1.54, 1.807) is 12.1 Å². The zero-order valence-electron chi connectivity index (χ0n) is 7.92. The minimum absolute atomic E-state index is 0.0904. The molecule has 1 nitrogen and oxygen atoms in total. The van der Waals surface area contributed by atoms with Crippen LogP contribution in [-0.4, -0.2) is 0 Å². The molecule has 1 aromatic rings. The van der Waals surface area contributed by atoms with Gasteiger partial charge in [-0.1, -0.05) is 32.9 Å². The standard InChI is InChI=1S/C11H15O/c1-11(2,3)8-9-4-6-10(12)7-5-9/h4-7H,8H2,1-3H3. The first-order valence-corrected chi connectivity index (χ1v) is 4.23. The van der Waals surface area contributed by atoms with Crippen molar-refractivity contribution in [2.45, 2.75) is 27.2 Å². The fraction of sp³-hybridized carbons (Fsp3) is 0.455.